The number of nitrogens with one attached hydrogen (secondary N) is 1. The molecule has 14 heavy (non-hydrogen) atoms. The second-order valence-electron chi connectivity index (χ2n) is 3.26. The SMILES string of the molecule is CCc1cccc2nc(CNC)oc12. The number of aryl methyl sites for hydroxylation is 1. The van der Waals surface area contributed by atoms with Crippen LogP contribution in [-0.2, 0) is 13.0 Å². The van der Waals surface area contributed by atoms with Crippen molar-refractivity contribution in [3.05, 3.63) is 29.7 Å². The van der Waals surface area contributed by atoms with Crippen LogP contribution in [-0.4, -0.2) is 12.0 Å². The van der Waals surface area contributed by atoms with Crippen molar-refractivity contribution in [3.63, 3.8) is 0 Å². The lowest BCUT2D eigenvalue weighted by Gasteiger charge is -1.94. The fraction of sp³-hybridized carbons (Fsp3) is 0.364. The zero-order valence-corrected chi connectivity index (χ0v) is 8.50. The number of aromatic nitrogens is 1. The van der Waals surface area contributed by atoms with Gasteiger partial charge in [0.25, 0.3) is 0 Å². The molecule has 1 N–H and O–H groups in total. The molecule has 1 aromatic carbocycles. The van der Waals surface area contributed by atoms with Crippen molar-refractivity contribution in [2.75, 3.05) is 7.05 Å². The molecular weight excluding hydrogens is 176 g/mol. The number of nitrogens with zero attached hydrogens (tertiary/aromatic N) is 1. The summed E-state index contributed by atoms with van der Waals surface area (Å²) in [6, 6.07) is 6.08. The van der Waals surface area contributed by atoms with Gasteiger partial charge in [0.2, 0.25) is 5.89 Å². The Balaban J connectivity index is 2.52. The molecule has 3 nitrogen and oxygen atoms in total. The largest absolute Gasteiger partial charge is 0.439 e. The molecule has 0 bridgehead atoms. The Morgan fingerprint density at radius 3 is 3.00 bits per heavy atom. The second-order valence-corrected chi connectivity index (χ2v) is 3.26. The molecule has 0 fully saturated rings. The van der Waals surface area contributed by atoms with Gasteiger partial charge in [-0.05, 0) is 25.1 Å². The third-order valence-corrected chi connectivity index (χ3v) is 2.25. The van der Waals surface area contributed by atoms with Crippen LogP contribution in [0.5, 0.6) is 0 Å². The lowest BCUT2D eigenvalue weighted by molar-refractivity contribution is 0.509. The monoisotopic (exact) mass is 190 g/mol. The molecule has 0 saturated carbocycles. The van der Waals surface area contributed by atoms with E-state index in [0.717, 1.165) is 23.4 Å². The lowest BCUT2D eigenvalue weighted by Crippen LogP contribution is -2.04. The molecule has 0 spiro atoms. The summed E-state index contributed by atoms with van der Waals surface area (Å²) in [6.45, 7) is 2.80. The van der Waals surface area contributed by atoms with Gasteiger partial charge >= 0.3 is 0 Å². The summed E-state index contributed by atoms with van der Waals surface area (Å²) in [6.07, 6.45) is 0.978. The highest BCUT2D eigenvalue weighted by Crippen LogP contribution is 2.20. The zero-order valence-electron chi connectivity index (χ0n) is 8.50. The number of oxazole rings is 1. The van der Waals surface area contributed by atoms with Crippen molar-refractivity contribution in [3.8, 4) is 0 Å². The molecule has 0 atom stereocenters. The quantitative estimate of drug-likeness (QED) is 0.805. The van der Waals surface area contributed by atoms with Crippen LogP contribution in [0.2, 0.25) is 0 Å². The standard InChI is InChI=1S/C11H14N2O/c1-3-8-5-4-6-9-11(8)14-10(13-9)7-12-2/h4-6,12H,3,7H2,1-2H3. The number of para-hydroxylation sites is 1. The molecule has 3 heteroatoms. The van der Waals surface area contributed by atoms with Gasteiger partial charge in [0.05, 0.1) is 6.54 Å². The highest BCUT2D eigenvalue weighted by atomic mass is 16.3. The number of hydrogen-bond donors (Lipinski definition) is 1. The van der Waals surface area contributed by atoms with E-state index in [1.807, 2.05) is 19.2 Å². The van der Waals surface area contributed by atoms with Crippen LogP contribution in [0.3, 0.4) is 0 Å². The van der Waals surface area contributed by atoms with Crippen molar-refractivity contribution >= 4 is 11.1 Å². The summed E-state index contributed by atoms with van der Waals surface area (Å²) >= 11 is 0. The molecule has 2 aromatic rings. The maximum absolute atomic E-state index is 5.66. The van der Waals surface area contributed by atoms with Crippen LogP contribution in [0.1, 0.15) is 18.4 Å². The summed E-state index contributed by atoms with van der Waals surface area (Å²) in [5.74, 6) is 0.753. The Kier molecular flexibility index (Phi) is 2.50. The van der Waals surface area contributed by atoms with Crippen LogP contribution in [0.15, 0.2) is 22.6 Å². The van der Waals surface area contributed by atoms with Gasteiger partial charge in [-0.3, -0.25) is 0 Å². The fourth-order valence-electron chi connectivity index (χ4n) is 1.56. The first kappa shape index (κ1) is 9.21. The molecule has 1 heterocycles. The minimum absolute atomic E-state index is 0.678. The van der Waals surface area contributed by atoms with Crippen LogP contribution in [0.25, 0.3) is 11.1 Å². The normalized spacial score (nSPS) is 11.0. The van der Waals surface area contributed by atoms with Crippen molar-refractivity contribution in [1.29, 1.82) is 0 Å². The Morgan fingerprint density at radius 2 is 2.29 bits per heavy atom. The predicted octanol–water partition coefficient (Wildman–Crippen LogP) is 2.11. The Bertz CT molecular complexity index is 434. The van der Waals surface area contributed by atoms with Gasteiger partial charge in [0.1, 0.15) is 5.52 Å². The van der Waals surface area contributed by atoms with E-state index in [9.17, 15) is 0 Å². The van der Waals surface area contributed by atoms with E-state index in [1.54, 1.807) is 0 Å². The number of benzene rings is 1. The fourth-order valence-corrected chi connectivity index (χ4v) is 1.56. The zero-order chi connectivity index (χ0) is 9.97. The minimum atomic E-state index is 0.678. The molecule has 0 radical (unpaired) electrons. The summed E-state index contributed by atoms with van der Waals surface area (Å²) in [7, 11) is 1.88. The maximum atomic E-state index is 5.66. The average molecular weight is 190 g/mol. The number of fused-ring (bicyclic) bond motifs is 1. The first-order chi connectivity index (χ1) is 6.85. The average Bonchev–Trinajstić information content (AvgIpc) is 2.60. The number of hydrogen-bond acceptors (Lipinski definition) is 3. The minimum Gasteiger partial charge on any atom is -0.439 e. The van der Waals surface area contributed by atoms with E-state index < -0.39 is 0 Å². The Hall–Kier alpha value is -1.35. The van der Waals surface area contributed by atoms with E-state index in [2.05, 4.69) is 23.3 Å². The predicted molar refractivity (Wildman–Crippen MR) is 56.2 cm³/mol. The number of rotatable bonds is 3. The molecule has 0 aliphatic rings. The van der Waals surface area contributed by atoms with Crippen molar-refractivity contribution in [2.45, 2.75) is 19.9 Å². The molecule has 1 aromatic heterocycles. The maximum Gasteiger partial charge on any atom is 0.209 e. The highest BCUT2D eigenvalue weighted by Gasteiger charge is 2.07. The first-order valence-corrected chi connectivity index (χ1v) is 4.87. The molecule has 0 aliphatic carbocycles. The van der Waals surface area contributed by atoms with Crippen LogP contribution >= 0.6 is 0 Å². The van der Waals surface area contributed by atoms with Crippen molar-refractivity contribution < 1.29 is 4.42 Å². The molecule has 0 amide bonds. The summed E-state index contributed by atoms with van der Waals surface area (Å²) in [4.78, 5) is 4.38. The van der Waals surface area contributed by atoms with Gasteiger partial charge in [-0.1, -0.05) is 19.1 Å². The smallest absolute Gasteiger partial charge is 0.209 e. The molecule has 2 rings (SSSR count). The van der Waals surface area contributed by atoms with Crippen molar-refractivity contribution in [2.24, 2.45) is 0 Å². The third-order valence-electron chi connectivity index (χ3n) is 2.25. The first-order valence-electron chi connectivity index (χ1n) is 4.87. The van der Waals surface area contributed by atoms with Gasteiger partial charge in [-0.15, -0.1) is 0 Å². The summed E-state index contributed by atoms with van der Waals surface area (Å²) < 4.78 is 5.66. The summed E-state index contributed by atoms with van der Waals surface area (Å²) in [5.41, 5.74) is 3.10. The van der Waals surface area contributed by atoms with E-state index in [1.165, 1.54) is 5.56 Å². The molecule has 0 unspecified atom stereocenters. The van der Waals surface area contributed by atoms with Gasteiger partial charge < -0.3 is 9.73 Å². The van der Waals surface area contributed by atoms with Gasteiger partial charge in [0.15, 0.2) is 5.58 Å². The Morgan fingerprint density at radius 1 is 1.43 bits per heavy atom. The van der Waals surface area contributed by atoms with Crippen LogP contribution in [0.4, 0.5) is 0 Å². The molecule has 0 saturated heterocycles. The topological polar surface area (TPSA) is 38.1 Å². The summed E-state index contributed by atoms with van der Waals surface area (Å²) in [5, 5.41) is 3.03. The van der Waals surface area contributed by atoms with E-state index in [0.29, 0.717) is 6.54 Å². The highest BCUT2D eigenvalue weighted by molar-refractivity contribution is 5.76. The Labute approximate surface area is 83.1 Å². The van der Waals surface area contributed by atoms with Gasteiger partial charge in [-0.2, -0.15) is 0 Å². The van der Waals surface area contributed by atoms with E-state index in [-0.39, 0.29) is 0 Å². The van der Waals surface area contributed by atoms with Crippen LogP contribution < -0.4 is 5.32 Å². The second kappa shape index (κ2) is 3.80. The van der Waals surface area contributed by atoms with E-state index >= 15 is 0 Å². The van der Waals surface area contributed by atoms with E-state index in [4.69, 9.17) is 4.42 Å². The molecule has 74 valence electrons. The van der Waals surface area contributed by atoms with Crippen LogP contribution in [0, 0.1) is 0 Å². The third kappa shape index (κ3) is 1.51. The van der Waals surface area contributed by atoms with Gasteiger partial charge in [-0.25, -0.2) is 4.98 Å². The van der Waals surface area contributed by atoms with Gasteiger partial charge in [0, 0.05) is 0 Å². The lowest BCUT2D eigenvalue weighted by atomic mass is 10.1. The molecule has 0 aliphatic heterocycles. The molecular formula is C11H14N2O. The van der Waals surface area contributed by atoms with Crippen molar-refractivity contribution in [1.82, 2.24) is 10.3 Å².